The number of phenolic OH excluding ortho intramolecular Hbond substituents is 1. The first-order valence-corrected chi connectivity index (χ1v) is 11.5. The molecule has 1 N–H and O–H groups in total. The summed E-state index contributed by atoms with van der Waals surface area (Å²) in [5.41, 5.74) is 7.31. The first-order valence-electron chi connectivity index (χ1n) is 10.6. The van der Waals surface area contributed by atoms with Gasteiger partial charge >= 0.3 is 0 Å². The molecule has 0 aliphatic heterocycles. The molecule has 2 aromatic heterocycles. The Hall–Kier alpha value is -2.70. The number of hydrogen-bond acceptors (Lipinski definition) is 5. The number of carbonyl (C=O) groups excluding carboxylic acids is 1. The monoisotopic (exact) mass is 419 g/mol. The fourth-order valence-corrected chi connectivity index (χ4v) is 5.34. The van der Waals surface area contributed by atoms with E-state index in [0.29, 0.717) is 6.42 Å². The van der Waals surface area contributed by atoms with Gasteiger partial charge in [-0.15, -0.1) is 11.3 Å². The van der Waals surface area contributed by atoms with Crippen molar-refractivity contribution in [2.45, 2.75) is 33.2 Å². The summed E-state index contributed by atoms with van der Waals surface area (Å²) in [5, 5.41) is 15.2. The van der Waals surface area contributed by atoms with Crippen LogP contribution in [-0.4, -0.2) is 45.0 Å². The third-order valence-electron chi connectivity index (χ3n) is 6.42. The summed E-state index contributed by atoms with van der Waals surface area (Å²) < 4.78 is 2.30. The Morgan fingerprint density at radius 3 is 2.50 bits per heavy atom. The van der Waals surface area contributed by atoms with E-state index in [9.17, 15) is 9.90 Å². The summed E-state index contributed by atoms with van der Waals surface area (Å²) in [6, 6.07) is 8.08. The Morgan fingerprint density at radius 2 is 1.80 bits per heavy atom. The number of thiazole rings is 1. The van der Waals surface area contributed by atoms with E-state index in [1.165, 1.54) is 11.3 Å². The van der Waals surface area contributed by atoms with Gasteiger partial charge in [-0.2, -0.15) is 0 Å². The SMILES string of the molecule is CCN(CC)CCn1c2ccc(-c3cscn3)c(O)c2c2c3c(ccc21)C(=O)CC3. The van der Waals surface area contributed by atoms with Crippen molar-refractivity contribution in [3.05, 3.63) is 46.3 Å². The van der Waals surface area contributed by atoms with Crippen LogP contribution >= 0.6 is 11.3 Å². The molecular formula is C24H25N3O2S. The lowest BCUT2D eigenvalue weighted by Gasteiger charge is -2.19. The highest BCUT2D eigenvalue weighted by Gasteiger charge is 2.27. The van der Waals surface area contributed by atoms with Crippen molar-refractivity contribution in [1.29, 1.82) is 0 Å². The zero-order valence-electron chi connectivity index (χ0n) is 17.3. The highest BCUT2D eigenvalue weighted by molar-refractivity contribution is 7.07. The summed E-state index contributed by atoms with van der Waals surface area (Å²) in [4.78, 5) is 19.2. The Balaban J connectivity index is 1.79. The summed E-state index contributed by atoms with van der Waals surface area (Å²) in [6.45, 7) is 8.16. The number of likely N-dealkylation sites (N-methyl/N-ethyl adjacent to an activating group) is 1. The summed E-state index contributed by atoms with van der Waals surface area (Å²) >= 11 is 1.52. The van der Waals surface area contributed by atoms with Gasteiger partial charge in [0, 0.05) is 46.9 Å². The largest absolute Gasteiger partial charge is 0.507 e. The van der Waals surface area contributed by atoms with Gasteiger partial charge in [0.25, 0.3) is 0 Å². The van der Waals surface area contributed by atoms with Gasteiger partial charge in [0.15, 0.2) is 5.78 Å². The molecule has 0 bridgehead atoms. The molecule has 0 radical (unpaired) electrons. The van der Waals surface area contributed by atoms with E-state index < -0.39 is 0 Å². The van der Waals surface area contributed by atoms with Gasteiger partial charge < -0.3 is 14.6 Å². The van der Waals surface area contributed by atoms with E-state index in [-0.39, 0.29) is 11.5 Å². The molecule has 1 aliphatic rings. The van der Waals surface area contributed by atoms with Crippen molar-refractivity contribution in [3.63, 3.8) is 0 Å². The van der Waals surface area contributed by atoms with Crippen LogP contribution in [0.25, 0.3) is 33.1 Å². The van der Waals surface area contributed by atoms with Crippen LogP contribution in [0.1, 0.15) is 36.2 Å². The van der Waals surface area contributed by atoms with Crippen LogP contribution < -0.4 is 0 Å². The fourth-order valence-electron chi connectivity index (χ4n) is 4.79. The molecule has 30 heavy (non-hydrogen) atoms. The van der Waals surface area contributed by atoms with E-state index in [1.807, 2.05) is 17.5 Å². The Labute approximate surface area is 179 Å². The Morgan fingerprint density at radius 1 is 1.07 bits per heavy atom. The van der Waals surface area contributed by atoms with Gasteiger partial charge in [-0.3, -0.25) is 4.79 Å². The van der Waals surface area contributed by atoms with Crippen molar-refractivity contribution in [1.82, 2.24) is 14.5 Å². The lowest BCUT2D eigenvalue weighted by molar-refractivity contribution is 0.0994. The number of hydrogen-bond donors (Lipinski definition) is 1. The van der Waals surface area contributed by atoms with Crippen LogP contribution in [0, 0.1) is 0 Å². The smallest absolute Gasteiger partial charge is 0.163 e. The predicted octanol–water partition coefficient (Wildman–Crippen LogP) is 5.09. The average Bonchev–Trinajstić information content (AvgIpc) is 3.48. The maximum atomic E-state index is 12.4. The molecule has 0 saturated heterocycles. The van der Waals surface area contributed by atoms with E-state index in [0.717, 1.165) is 76.8 Å². The Kier molecular flexibility index (Phi) is 4.83. The number of rotatable bonds is 6. The van der Waals surface area contributed by atoms with E-state index >= 15 is 0 Å². The first kappa shape index (κ1) is 19.3. The van der Waals surface area contributed by atoms with Gasteiger partial charge in [-0.05, 0) is 49.3 Å². The van der Waals surface area contributed by atoms with Crippen LogP contribution in [-0.2, 0) is 13.0 Å². The summed E-state index contributed by atoms with van der Waals surface area (Å²) in [5.74, 6) is 0.462. The molecule has 6 heteroatoms. The summed E-state index contributed by atoms with van der Waals surface area (Å²) in [6.07, 6.45) is 1.29. The standard InChI is InChI=1S/C24H25N3O2S/c1-3-26(4-2)11-12-27-19-8-5-15-16(7-10-21(15)28)22(19)23-20(27)9-6-17(24(23)29)18-13-30-14-25-18/h5-6,8-9,13-14,29H,3-4,7,10-12H2,1-2H3. The van der Waals surface area contributed by atoms with Crippen molar-refractivity contribution >= 4 is 38.9 Å². The Bertz CT molecular complexity index is 1250. The number of ketones is 1. The van der Waals surface area contributed by atoms with Crippen molar-refractivity contribution in [2.75, 3.05) is 19.6 Å². The van der Waals surface area contributed by atoms with Crippen molar-refractivity contribution in [2.24, 2.45) is 0 Å². The number of aromatic hydroxyl groups is 1. The number of aryl methyl sites for hydroxylation is 1. The second kappa shape index (κ2) is 7.52. The van der Waals surface area contributed by atoms with Crippen LogP contribution in [0.3, 0.4) is 0 Å². The predicted molar refractivity (Wildman–Crippen MR) is 123 cm³/mol. The molecule has 2 aromatic carbocycles. The zero-order valence-corrected chi connectivity index (χ0v) is 18.1. The van der Waals surface area contributed by atoms with Crippen LogP contribution in [0.5, 0.6) is 5.75 Å². The molecule has 0 saturated carbocycles. The topological polar surface area (TPSA) is 58.4 Å². The number of carbonyl (C=O) groups is 1. The van der Waals surface area contributed by atoms with Gasteiger partial charge in [0.2, 0.25) is 0 Å². The normalized spacial score (nSPS) is 13.8. The lowest BCUT2D eigenvalue weighted by atomic mass is 10.00. The third-order valence-corrected chi connectivity index (χ3v) is 7.01. The number of fused-ring (bicyclic) bond motifs is 5. The summed E-state index contributed by atoms with van der Waals surface area (Å²) in [7, 11) is 0. The minimum absolute atomic E-state index is 0.200. The molecular weight excluding hydrogens is 394 g/mol. The highest BCUT2D eigenvalue weighted by atomic mass is 32.1. The molecule has 5 rings (SSSR count). The minimum atomic E-state index is 0.200. The minimum Gasteiger partial charge on any atom is -0.507 e. The second-order valence-corrected chi connectivity index (χ2v) is 8.54. The maximum Gasteiger partial charge on any atom is 0.163 e. The van der Waals surface area contributed by atoms with E-state index in [1.54, 1.807) is 5.51 Å². The van der Waals surface area contributed by atoms with Gasteiger partial charge in [0.1, 0.15) is 5.75 Å². The number of nitrogens with zero attached hydrogens (tertiary/aromatic N) is 3. The van der Waals surface area contributed by atoms with Crippen LogP contribution in [0.4, 0.5) is 0 Å². The zero-order chi connectivity index (χ0) is 20.8. The molecule has 0 unspecified atom stereocenters. The third kappa shape index (κ3) is 2.86. The molecule has 1 aliphatic carbocycles. The first-order chi connectivity index (χ1) is 14.6. The lowest BCUT2D eigenvalue weighted by Crippen LogP contribution is -2.26. The van der Waals surface area contributed by atoms with Crippen molar-refractivity contribution in [3.8, 4) is 17.0 Å². The van der Waals surface area contributed by atoms with Gasteiger partial charge in [0.05, 0.1) is 22.1 Å². The second-order valence-electron chi connectivity index (χ2n) is 7.82. The van der Waals surface area contributed by atoms with Crippen LogP contribution in [0.2, 0.25) is 0 Å². The van der Waals surface area contributed by atoms with Crippen LogP contribution in [0.15, 0.2) is 35.2 Å². The molecule has 154 valence electrons. The average molecular weight is 420 g/mol. The van der Waals surface area contributed by atoms with Gasteiger partial charge in [-0.1, -0.05) is 13.8 Å². The molecule has 0 amide bonds. The number of benzene rings is 2. The van der Waals surface area contributed by atoms with E-state index in [2.05, 4.69) is 40.4 Å². The number of Topliss-reactive ketones (excluding diaryl/α,β-unsaturated/α-hetero) is 1. The van der Waals surface area contributed by atoms with Gasteiger partial charge in [-0.25, -0.2) is 4.98 Å². The molecule has 4 aromatic rings. The molecule has 0 spiro atoms. The number of phenols is 1. The molecule has 0 fully saturated rings. The molecule has 0 atom stereocenters. The number of aromatic nitrogens is 2. The van der Waals surface area contributed by atoms with E-state index in [4.69, 9.17) is 0 Å². The molecule has 2 heterocycles. The molecule has 5 nitrogen and oxygen atoms in total. The quantitative estimate of drug-likeness (QED) is 0.473. The fraction of sp³-hybridized carbons (Fsp3) is 0.333. The maximum absolute atomic E-state index is 12.4. The highest BCUT2D eigenvalue weighted by Crippen LogP contribution is 2.44. The van der Waals surface area contributed by atoms with Crippen molar-refractivity contribution < 1.29 is 9.90 Å².